The number of nitrogens with zero attached hydrogens (tertiary/aromatic N) is 6. The van der Waals surface area contributed by atoms with E-state index >= 15 is 0 Å². The van der Waals surface area contributed by atoms with Gasteiger partial charge in [-0.15, -0.1) is 5.10 Å². The van der Waals surface area contributed by atoms with Gasteiger partial charge in [-0.25, -0.2) is 4.68 Å². The highest BCUT2D eigenvalue weighted by atomic mass is 16.5. The average molecular weight is 346 g/mol. The number of hydrogen-bond acceptors (Lipinski definition) is 7. The number of β-amino-alcohol motifs (C(OH)–C–C–N with tert-alkyl or cyclic N) is 1. The molecule has 1 atom stereocenters. The van der Waals surface area contributed by atoms with Gasteiger partial charge in [0.05, 0.1) is 12.7 Å². The molecule has 0 spiro atoms. The van der Waals surface area contributed by atoms with Crippen molar-refractivity contribution in [3.05, 3.63) is 23.6 Å². The summed E-state index contributed by atoms with van der Waals surface area (Å²) in [6.07, 6.45) is 7.31. The van der Waals surface area contributed by atoms with Crippen LogP contribution >= 0.6 is 0 Å². The van der Waals surface area contributed by atoms with Gasteiger partial charge in [0.15, 0.2) is 5.82 Å². The minimum absolute atomic E-state index is 0.231. The van der Waals surface area contributed by atoms with E-state index in [4.69, 9.17) is 4.52 Å². The zero-order valence-corrected chi connectivity index (χ0v) is 14.9. The van der Waals surface area contributed by atoms with Crippen molar-refractivity contribution in [2.75, 3.05) is 13.1 Å². The van der Waals surface area contributed by atoms with E-state index in [0.29, 0.717) is 37.0 Å². The van der Waals surface area contributed by atoms with Crippen molar-refractivity contribution in [2.24, 2.45) is 0 Å². The molecule has 0 bridgehead atoms. The molecule has 4 rings (SSSR count). The van der Waals surface area contributed by atoms with Crippen molar-refractivity contribution in [2.45, 2.75) is 70.1 Å². The molecule has 0 amide bonds. The third kappa shape index (κ3) is 3.32. The smallest absolute Gasteiger partial charge is 0.240 e. The second-order valence-electron chi connectivity index (χ2n) is 7.70. The quantitative estimate of drug-likeness (QED) is 0.885. The summed E-state index contributed by atoms with van der Waals surface area (Å²) in [6, 6.07) is 0.231. The van der Waals surface area contributed by atoms with E-state index in [-0.39, 0.29) is 6.04 Å². The van der Waals surface area contributed by atoms with Crippen LogP contribution in [-0.4, -0.2) is 48.2 Å². The standard InChI is InChI=1S/C17H26N6O2/c1-12(2)23-9-14(19-21-23)17(24)7-8-22(11-17)10-15-18-16(20-25-15)13-5-3-4-6-13/h9,12-13,24H,3-8,10-11H2,1-2H3/t17-/m1/s1. The maximum absolute atomic E-state index is 11.0. The molecular formula is C17H26N6O2. The Balaban J connectivity index is 1.40. The van der Waals surface area contributed by atoms with Crippen LogP contribution in [0, 0.1) is 0 Å². The Morgan fingerprint density at radius 1 is 1.36 bits per heavy atom. The van der Waals surface area contributed by atoms with Crippen molar-refractivity contribution in [1.29, 1.82) is 0 Å². The normalized spacial score (nSPS) is 25.4. The molecule has 1 aliphatic carbocycles. The molecule has 0 aromatic carbocycles. The van der Waals surface area contributed by atoms with E-state index < -0.39 is 5.60 Å². The molecule has 8 heteroatoms. The molecule has 1 N–H and O–H groups in total. The van der Waals surface area contributed by atoms with Crippen molar-refractivity contribution in [3.63, 3.8) is 0 Å². The van der Waals surface area contributed by atoms with Gasteiger partial charge in [-0.05, 0) is 33.1 Å². The number of aliphatic hydroxyl groups is 1. The average Bonchev–Trinajstić information content (AvgIpc) is 3.35. The van der Waals surface area contributed by atoms with E-state index in [1.165, 1.54) is 12.8 Å². The van der Waals surface area contributed by atoms with Crippen molar-refractivity contribution in [1.82, 2.24) is 30.0 Å². The summed E-state index contributed by atoms with van der Waals surface area (Å²) in [5.41, 5.74) is -0.317. The predicted octanol–water partition coefficient (Wildman–Crippen LogP) is 1.99. The van der Waals surface area contributed by atoms with Crippen LogP contribution in [0.25, 0.3) is 0 Å². The van der Waals surface area contributed by atoms with Gasteiger partial charge in [0.2, 0.25) is 5.89 Å². The van der Waals surface area contributed by atoms with Gasteiger partial charge in [0.25, 0.3) is 0 Å². The molecule has 1 aliphatic heterocycles. The summed E-state index contributed by atoms with van der Waals surface area (Å²) in [4.78, 5) is 6.71. The monoisotopic (exact) mass is 346 g/mol. The van der Waals surface area contributed by atoms with Crippen LogP contribution in [0.5, 0.6) is 0 Å². The summed E-state index contributed by atoms with van der Waals surface area (Å²) in [5.74, 6) is 1.94. The molecule has 0 radical (unpaired) electrons. The van der Waals surface area contributed by atoms with Gasteiger partial charge in [0, 0.05) is 25.0 Å². The van der Waals surface area contributed by atoms with Gasteiger partial charge >= 0.3 is 0 Å². The lowest BCUT2D eigenvalue weighted by molar-refractivity contribution is 0.0397. The summed E-state index contributed by atoms with van der Waals surface area (Å²) in [7, 11) is 0. The first kappa shape index (κ1) is 16.7. The lowest BCUT2D eigenvalue weighted by Gasteiger charge is -2.20. The van der Waals surface area contributed by atoms with Crippen molar-refractivity contribution < 1.29 is 9.63 Å². The molecule has 136 valence electrons. The largest absolute Gasteiger partial charge is 0.382 e. The Bertz CT molecular complexity index is 720. The molecule has 2 aliphatic rings. The topological polar surface area (TPSA) is 93.1 Å². The first-order chi connectivity index (χ1) is 12.0. The van der Waals surface area contributed by atoms with Gasteiger partial charge in [-0.3, -0.25) is 4.90 Å². The summed E-state index contributed by atoms with van der Waals surface area (Å²) in [6.45, 7) is 5.93. The minimum atomic E-state index is -0.957. The van der Waals surface area contributed by atoms with Crippen LogP contribution in [-0.2, 0) is 12.1 Å². The minimum Gasteiger partial charge on any atom is -0.382 e. The van der Waals surface area contributed by atoms with Crippen LogP contribution in [0.3, 0.4) is 0 Å². The summed E-state index contributed by atoms with van der Waals surface area (Å²) >= 11 is 0. The number of likely N-dealkylation sites (tertiary alicyclic amines) is 1. The molecule has 1 saturated carbocycles. The van der Waals surface area contributed by atoms with E-state index in [1.54, 1.807) is 4.68 Å². The Labute approximate surface area is 147 Å². The highest BCUT2D eigenvalue weighted by Gasteiger charge is 2.40. The Kier molecular flexibility index (Phi) is 4.33. The maximum Gasteiger partial charge on any atom is 0.240 e. The number of aromatic nitrogens is 5. The van der Waals surface area contributed by atoms with Crippen LogP contribution in [0.4, 0.5) is 0 Å². The number of hydrogen-bond donors (Lipinski definition) is 1. The van der Waals surface area contributed by atoms with Gasteiger partial charge in [-0.2, -0.15) is 4.98 Å². The fourth-order valence-electron chi connectivity index (χ4n) is 3.83. The van der Waals surface area contributed by atoms with E-state index in [0.717, 1.165) is 25.2 Å². The van der Waals surface area contributed by atoms with Crippen molar-refractivity contribution >= 4 is 0 Å². The van der Waals surface area contributed by atoms with Crippen LogP contribution in [0.15, 0.2) is 10.7 Å². The fourth-order valence-corrected chi connectivity index (χ4v) is 3.83. The summed E-state index contributed by atoms with van der Waals surface area (Å²) < 4.78 is 7.21. The highest BCUT2D eigenvalue weighted by Crippen LogP contribution is 2.33. The lowest BCUT2D eigenvalue weighted by atomic mass is 10.00. The lowest BCUT2D eigenvalue weighted by Crippen LogP contribution is -2.31. The second kappa shape index (κ2) is 6.49. The predicted molar refractivity (Wildman–Crippen MR) is 89.7 cm³/mol. The first-order valence-corrected chi connectivity index (χ1v) is 9.23. The highest BCUT2D eigenvalue weighted by molar-refractivity contribution is 5.11. The third-order valence-electron chi connectivity index (χ3n) is 5.41. The molecule has 2 aromatic rings. The number of rotatable bonds is 5. The van der Waals surface area contributed by atoms with Crippen LogP contribution in [0.1, 0.15) is 75.3 Å². The first-order valence-electron chi connectivity index (χ1n) is 9.23. The fraction of sp³-hybridized carbons (Fsp3) is 0.765. The Hall–Kier alpha value is -1.80. The molecule has 0 unspecified atom stereocenters. The van der Waals surface area contributed by atoms with E-state index in [1.807, 2.05) is 20.0 Å². The Morgan fingerprint density at radius 2 is 2.16 bits per heavy atom. The SMILES string of the molecule is CC(C)n1cc([C@@]2(O)CCN(Cc3nc(C4CCCC4)no3)C2)nn1. The van der Waals surface area contributed by atoms with Gasteiger partial charge in [-0.1, -0.05) is 23.2 Å². The van der Waals surface area contributed by atoms with Crippen LogP contribution in [0.2, 0.25) is 0 Å². The molecule has 3 heterocycles. The molecular weight excluding hydrogens is 320 g/mol. The van der Waals surface area contributed by atoms with Gasteiger partial charge < -0.3 is 9.63 Å². The molecule has 2 fully saturated rings. The molecule has 25 heavy (non-hydrogen) atoms. The molecule has 1 saturated heterocycles. The maximum atomic E-state index is 11.0. The zero-order valence-electron chi connectivity index (χ0n) is 14.9. The van der Waals surface area contributed by atoms with Gasteiger partial charge in [0.1, 0.15) is 11.3 Å². The molecule has 2 aromatic heterocycles. The second-order valence-corrected chi connectivity index (χ2v) is 7.70. The van der Waals surface area contributed by atoms with Crippen molar-refractivity contribution in [3.8, 4) is 0 Å². The zero-order chi connectivity index (χ0) is 17.4. The molecule has 8 nitrogen and oxygen atoms in total. The van der Waals surface area contributed by atoms with Crippen LogP contribution < -0.4 is 0 Å². The van der Waals surface area contributed by atoms with E-state index in [2.05, 4.69) is 25.4 Å². The summed E-state index contributed by atoms with van der Waals surface area (Å²) in [5, 5.41) is 23.4. The third-order valence-corrected chi connectivity index (χ3v) is 5.41. The Morgan fingerprint density at radius 3 is 2.88 bits per heavy atom. The van der Waals surface area contributed by atoms with E-state index in [9.17, 15) is 5.11 Å².